The summed E-state index contributed by atoms with van der Waals surface area (Å²) in [6, 6.07) is 0. The van der Waals surface area contributed by atoms with E-state index in [0.29, 0.717) is 5.41 Å². The molecule has 1 spiro atoms. The van der Waals surface area contributed by atoms with Crippen molar-refractivity contribution in [3.63, 3.8) is 0 Å². The fourth-order valence-corrected chi connectivity index (χ4v) is 4.33. The molecule has 23 heavy (non-hydrogen) atoms. The quantitative estimate of drug-likeness (QED) is 0.674. The summed E-state index contributed by atoms with van der Waals surface area (Å²) < 4.78 is 2.06. The number of imidazole rings is 1. The summed E-state index contributed by atoms with van der Waals surface area (Å²) in [6.45, 7) is 3.04. The number of piperidine rings is 1. The number of aromatic nitrogens is 2. The molecular weight excluding hydrogens is 286 g/mol. The Bertz CT molecular complexity index is 525. The van der Waals surface area contributed by atoms with Crippen LogP contribution in [0.1, 0.15) is 57.2 Å². The summed E-state index contributed by atoms with van der Waals surface area (Å²) >= 11 is 0. The molecule has 1 aromatic rings. The fraction of sp³-hybridized carbons (Fsp3) is 0.778. The fourth-order valence-electron chi connectivity index (χ4n) is 4.33. The molecule has 1 saturated heterocycles. The zero-order valence-electron chi connectivity index (χ0n) is 14.7. The first-order chi connectivity index (χ1) is 11.2. The average molecular weight is 317 g/mol. The molecule has 0 aromatic carbocycles. The molecule has 0 bridgehead atoms. The first kappa shape index (κ1) is 16.3. The van der Waals surface area contributed by atoms with E-state index in [0.717, 1.165) is 24.9 Å². The molecule has 128 valence electrons. The highest BCUT2D eigenvalue weighted by molar-refractivity contribution is 5.80. The molecule has 3 rings (SSSR count). The van der Waals surface area contributed by atoms with Crippen LogP contribution in [0.15, 0.2) is 17.4 Å². The van der Waals surface area contributed by atoms with Gasteiger partial charge in [0.1, 0.15) is 5.82 Å². The molecule has 0 unspecified atom stereocenters. The van der Waals surface area contributed by atoms with Crippen molar-refractivity contribution in [3.8, 4) is 0 Å². The molecular formula is C18H31N5. The maximum Gasteiger partial charge on any atom is 0.194 e. The van der Waals surface area contributed by atoms with Gasteiger partial charge in [-0.3, -0.25) is 4.99 Å². The Kier molecular flexibility index (Phi) is 5.23. The lowest BCUT2D eigenvalue weighted by Gasteiger charge is -2.44. The van der Waals surface area contributed by atoms with E-state index in [4.69, 9.17) is 0 Å². The predicted octanol–water partition coefficient (Wildman–Crippen LogP) is 2.93. The van der Waals surface area contributed by atoms with Crippen LogP contribution in [0.3, 0.4) is 0 Å². The first-order valence-corrected chi connectivity index (χ1v) is 9.14. The third-order valence-electron chi connectivity index (χ3n) is 5.66. The number of hydrogen-bond acceptors (Lipinski definition) is 2. The van der Waals surface area contributed by atoms with Gasteiger partial charge in [0, 0.05) is 39.6 Å². The summed E-state index contributed by atoms with van der Waals surface area (Å²) in [4.78, 5) is 11.4. The molecule has 1 aliphatic heterocycles. The van der Waals surface area contributed by atoms with Crippen LogP contribution in [0, 0.1) is 5.41 Å². The summed E-state index contributed by atoms with van der Waals surface area (Å²) in [6.07, 6.45) is 15.0. The SMILES string of the molecule is CN=C(NCc1nccn1C)N1CCCC2(CCCCCC2)C1. The molecule has 0 radical (unpaired) electrons. The Balaban J connectivity index is 1.62. The molecule has 1 aliphatic carbocycles. The highest BCUT2D eigenvalue weighted by atomic mass is 15.3. The molecule has 2 heterocycles. The van der Waals surface area contributed by atoms with E-state index in [1.807, 2.05) is 26.5 Å². The van der Waals surface area contributed by atoms with Crippen LogP contribution in [-0.4, -0.2) is 40.5 Å². The summed E-state index contributed by atoms with van der Waals surface area (Å²) in [5.41, 5.74) is 0.537. The summed E-state index contributed by atoms with van der Waals surface area (Å²) in [5, 5.41) is 3.51. The molecule has 1 N–H and O–H groups in total. The molecule has 5 heteroatoms. The van der Waals surface area contributed by atoms with E-state index in [-0.39, 0.29) is 0 Å². The Morgan fingerprint density at radius 1 is 1.22 bits per heavy atom. The van der Waals surface area contributed by atoms with E-state index in [2.05, 4.69) is 24.8 Å². The topological polar surface area (TPSA) is 45.5 Å². The van der Waals surface area contributed by atoms with Crippen molar-refractivity contribution >= 4 is 5.96 Å². The smallest absolute Gasteiger partial charge is 0.194 e. The van der Waals surface area contributed by atoms with Crippen molar-refractivity contribution in [1.29, 1.82) is 0 Å². The molecule has 1 aromatic heterocycles. The minimum atomic E-state index is 0.537. The van der Waals surface area contributed by atoms with Crippen LogP contribution in [-0.2, 0) is 13.6 Å². The van der Waals surface area contributed by atoms with Crippen LogP contribution in [0.25, 0.3) is 0 Å². The number of likely N-dealkylation sites (tertiary alicyclic amines) is 1. The van der Waals surface area contributed by atoms with E-state index in [1.54, 1.807) is 0 Å². The first-order valence-electron chi connectivity index (χ1n) is 9.14. The molecule has 1 saturated carbocycles. The number of rotatable bonds is 2. The summed E-state index contributed by atoms with van der Waals surface area (Å²) in [7, 11) is 3.93. The van der Waals surface area contributed by atoms with Gasteiger partial charge in [0.15, 0.2) is 5.96 Å². The largest absolute Gasteiger partial charge is 0.349 e. The summed E-state index contributed by atoms with van der Waals surface area (Å²) in [5.74, 6) is 2.09. The van der Waals surface area contributed by atoms with Gasteiger partial charge in [-0.1, -0.05) is 25.7 Å². The number of aryl methyl sites for hydroxylation is 1. The van der Waals surface area contributed by atoms with Crippen LogP contribution < -0.4 is 5.32 Å². The molecule has 0 amide bonds. The average Bonchev–Trinajstić information content (AvgIpc) is 2.84. The van der Waals surface area contributed by atoms with Crippen molar-refractivity contribution in [2.24, 2.45) is 17.5 Å². The van der Waals surface area contributed by atoms with E-state index in [1.165, 1.54) is 57.9 Å². The second kappa shape index (κ2) is 7.37. The molecule has 2 aliphatic rings. The van der Waals surface area contributed by atoms with E-state index < -0.39 is 0 Å². The minimum Gasteiger partial charge on any atom is -0.349 e. The van der Waals surface area contributed by atoms with Crippen LogP contribution in [0.2, 0.25) is 0 Å². The highest BCUT2D eigenvalue weighted by Gasteiger charge is 2.36. The van der Waals surface area contributed by atoms with Crippen molar-refractivity contribution in [3.05, 3.63) is 18.2 Å². The Hall–Kier alpha value is -1.52. The van der Waals surface area contributed by atoms with Crippen LogP contribution in [0.5, 0.6) is 0 Å². The second-order valence-corrected chi connectivity index (χ2v) is 7.29. The standard InChI is InChI=1S/C18H31N5/c1-19-17(21-14-16-20-11-13-22(16)2)23-12-7-10-18(15-23)8-5-3-4-6-9-18/h11,13H,3-10,12,14-15H2,1-2H3,(H,19,21). The molecule has 0 atom stereocenters. The number of hydrogen-bond donors (Lipinski definition) is 1. The van der Waals surface area contributed by atoms with Crippen molar-refractivity contribution in [2.45, 2.75) is 57.9 Å². The van der Waals surface area contributed by atoms with Gasteiger partial charge in [-0.2, -0.15) is 0 Å². The van der Waals surface area contributed by atoms with E-state index >= 15 is 0 Å². The van der Waals surface area contributed by atoms with Gasteiger partial charge >= 0.3 is 0 Å². The number of nitrogens with zero attached hydrogens (tertiary/aromatic N) is 4. The second-order valence-electron chi connectivity index (χ2n) is 7.29. The normalized spacial score (nSPS) is 22.2. The number of nitrogens with one attached hydrogen (secondary N) is 1. The van der Waals surface area contributed by atoms with Gasteiger partial charge in [0.05, 0.1) is 6.54 Å². The zero-order chi connectivity index (χ0) is 16.1. The molecule has 5 nitrogen and oxygen atoms in total. The van der Waals surface area contributed by atoms with Gasteiger partial charge in [0.2, 0.25) is 0 Å². The van der Waals surface area contributed by atoms with Gasteiger partial charge in [-0.15, -0.1) is 0 Å². The zero-order valence-corrected chi connectivity index (χ0v) is 14.7. The van der Waals surface area contributed by atoms with Crippen molar-refractivity contribution in [1.82, 2.24) is 19.8 Å². The maximum atomic E-state index is 4.54. The van der Waals surface area contributed by atoms with Crippen LogP contribution in [0.4, 0.5) is 0 Å². The Morgan fingerprint density at radius 3 is 2.61 bits per heavy atom. The van der Waals surface area contributed by atoms with Gasteiger partial charge in [-0.25, -0.2) is 4.98 Å². The maximum absolute atomic E-state index is 4.54. The lowest BCUT2D eigenvalue weighted by molar-refractivity contribution is 0.115. The third kappa shape index (κ3) is 3.88. The number of guanidine groups is 1. The van der Waals surface area contributed by atoms with Crippen LogP contribution >= 0.6 is 0 Å². The third-order valence-corrected chi connectivity index (χ3v) is 5.66. The van der Waals surface area contributed by atoms with E-state index in [9.17, 15) is 0 Å². The van der Waals surface area contributed by atoms with Gasteiger partial charge in [0.25, 0.3) is 0 Å². The lowest BCUT2D eigenvalue weighted by atomic mass is 9.74. The molecule has 2 fully saturated rings. The van der Waals surface area contributed by atoms with Gasteiger partial charge in [-0.05, 0) is 31.1 Å². The van der Waals surface area contributed by atoms with Crippen molar-refractivity contribution in [2.75, 3.05) is 20.1 Å². The predicted molar refractivity (Wildman–Crippen MR) is 94.3 cm³/mol. The minimum absolute atomic E-state index is 0.537. The lowest BCUT2D eigenvalue weighted by Crippen LogP contribution is -2.50. The highest BCUT2D eigenvalue weighted by Crippen LogP contribution is 2.42. The number of aliphatic imine (C=N–C) groups is 1. The van der Waals surface area contributed by atoms with Gasteiger partial charge < -0.3 is 14.8 Å². The Morgan fingerprint density at radius 2 is 1.96 bits per heavy atom. The monoisotopic (exact) mass is 317 g/mol. The Labute approximate surface area is 140 Å². The van der Waals surface area contributed by atoms with Crippen molar-refractivity contribution < 1.29 is 0 Å².